The average molecular weight is 436 g/mol. The van der Waals surface area contributed by atoms with Crippen molar-refractivity contribution in [3.8, 4) is 9.88 Å². The molecule has 0 saturated carbocycles. The summed E-state index contributed by atoms with van der Waals surface area (Å²) >= 11 is 3.04. The third kappa shape index (κ3) is 4.72. The second-order valence-corrected chi connectivity index (χ2v) is 8.49. The van der Waals surface area contributed by atoms with Gasteiger partial charge in [-0.25, -0.2) is 9.97 Å². The number of anilines is 1. The number of hydrogen-bond donors (Lipinski definition) is 2. The Morgan fingerprint density at radius 2 is 1.86 bits per heavy atom. The molecule has 3 heterocycles. The number of nitrogens with one attached hydrogen (secondary N) is 1. The molecule has 0 radical (unpaired) electrons. The van der Waals surface area contributed by atoms with E-state index in [0.717, 1.165) is 42.9 Å². The first-order valence-electron chi connectivity index (χ1n) is 8.71. The van der Waals surface area contributed by atoms with Crippen molar-refractivity contribution in [3.05, 3.63) is 60.0 Å². The van der Waals surface area contributed by atoms with Gasteiger partial charge in [-0.3, -0.25) is 4.98 Å². The van der Waals surface area contributed by atoms with Gasteiger partial charge >= 0.3 is 6.18 Å². The summed E-state index contributed by atoms with van der Waals surface area (Å²) in [6.07, 6.45) is 1.40. The minimum absolute atomic E-state index is 0.257. The topological polar surface area (TPSA) is 76.7 Å². The average Bonchev–Trinajstić information content (AvgIpc) is 3.33. The molecule has 1 aromatic carbocycles. The number of rotatable bonds is 6. The van der Waals surface area contributed by atoms with Crippen molar-refractivity contribution in [2.75, 3.05) is 11.9 Å². The molecule has 4 rings (SSSR count). The summed E-state index contributed by atoms with van der Waals surface area (Å²) in [4.78, 5) is 14.0. The predicted octanol–water partition coefficient (Wildman–Crippen LogP) is 4.82. The number of halogens is 3. The van der Waals surface area contributed by atoms with Crippen molar-refractivity contribution in [2.24, 2.45) is 5.73 Å². The van der Waals surface area contributed by atoms with Gasteiger partial charge in [-0.1, -0.05) is 23.5 Å². The Bertz CT molecular complexity index is 1070. The lowest BCUT2D eigenvalue weighted by atomic mass is 10.0. The van der Waals surface area contributed by atoms with E-state index in [4.69, 9.17) is 5.73 Å². The van der Waals surface area contributed by atoms with Crippen molar-refractivity contribution < 1.29 is 13.2 Å². The zero-order chi connectivity index (χ0) is 20.4. The molecule has 0 aliphatic rings. The summed E-state index contributed by atoms with van der Waals surface area (Å²) in [5.41, 5.74) is 7.13. The molecule has 0 bridgehead atoms. The van der Waals surface area contributed by atoms with Crippen LogP contribution >= 0.6 is 22.7 Å². The van der Waals surface area contributed by atoms with Gasteiger partial charge in [0.2, 0.25) is 0 Å². The normalized spacial score (nSPS) is 13.0. The van der Waals surface area contributed by atoms with Crippen LogP contribution in [-0.2, 0) is 12.6 Å². The van der Waals surface area contributed by atoms with E-state index in [9.17, 15) is 13.2 Å². The fraction of sp³-hybridized carbons (Fsp3) is 0.211. The highest BCUT2D eigenvalue weighted by Gasteiger charge is 2.29. The third-order valence-corrected chi connectivity index (χ3v) is 6.33. The standard InChI is InChI=1S/C19H16F3N5S2/c20-19(21,22)12-3-1-11(2-4-12)7-13(23)8-25-18-26-10-16(29-18)17-27-14-5-6-24-9-15(14)28-17/h1-6,9-10,13H,7-8,23H2,(H,25,26)/t13-/m1/s1. The van der Waals surface area contributed by atoms with E-state index in [2.05, 4.69) is 20.3 Å². The summed E-state index contributed by atoms with van der Waals surface area (Å²) in [5, 5.41) is 4.80. The Labute approximate surface area is 172 Å². The van der Waals surface area contributed by atoms with Crippen LogP contribution in [-0.4, -0.2) is 27.5 Å². The Kier molecular flexibility index (Phi) is 5.48. The summed E-state index contributed by atoms with van der Waals surface area (Å²) in [6.45, 7) is 0.456. The lowest BCUT2D eigenvalue weighted by Gasteiger charge is -2.13. The van der Waals surface area contributed by atoms with Gasteiger partial charge < -0.3 is 11.1 Å². The number of thiazole rings is 2. The van der Waals surface area contributed by atoms with Gasteiger partial charge in [-0.05, 0) is 30.2 Å². The molecule has 3 N–H and O–H groups in total. The number of nitrogens with zero attached hydrogens (tertiary/aromatic N) is 3. The Balaban J connectivity index is 1.34. The number of aromatic nitrogens is 3. The highest BCUT2D eigenvalue weighted by Crippen LogP contribution is 2.34. The van der Waals surface area contributed by atoms with Crippen LogP contribution in [0.3, 0.4) is 0 Å². The minimum atomic E-state index is -4.33. The molecule has 29 heavy (non-hydrogen) atoms. The zero-order valence-corrected chi connectivity index (χ0v) is 16.6. The smallest absolute Gasteiger partial charge is 0.360 e. The van der Waals surface area contributed by atoms with Gasteiger partial charge in [0, 0.05) is 25.0 Å². The van der Waals surface area contributed by atoms with E-state index in [1.807, 2.05) is 6.07 Å². The molecule has 1 atom stereocenters. The molecule has 4 aromatic rings. The summed E-state index contributed by atoms with van der Waals surface area (Å²) in [5.74, 6) is 0. The molecular weight excluding hydrogens is 419 g/mol. The molecule has 0 aliphatic carbocycles. The van der Waals surface area contributed by atoms with Crippen LogP contribution in [0.25, 0.3) is 20.1 Å². The van der Waals surface area contributed by atoms with Crippen molar-refractivity contribution in [3.63, 3.8) is 0 Å². The van der Waals surface area contributed by atoms with Crippen LogP contribution in [0.4, 0.5) is 18.3 Å². The van der Waals surface area contributed by atoms with E-state index in [1.54, 1.807) is 29.9 Å². The molecule has 0 amide bonds. The van der Waals surface area contributed by atoms with E-state index in [0.29, 0.717) is 13.0 Å². The maximum Gasteiger partial charge on any atom is 0.416 e. The number of alkyl halides is 3. The maximum absolute atomic E-state index is 12.6. The fourth-order valence-corrected chi connectivity index (χ4v) is 4.56. The Morgan fingerprint density at radius 1 is 1.07 bits per heavy atom. The monoisotopic (exact) mass is 435 g/mol. The van der Waals surface area contributed by atoms with Gasteiger partial charge in [0.15, 0.2) is 5.13 Å². The predicted molar refractivity (Wildman–Crippen MR) is 110 cm³/mol. The second kappa shape index (κ2) is 8.05. The molecule has 5 nitrogen and oxygen atoms in total. The van der Waals surface area contributed by atoms with Gasteiger partial charge in [0.25, 0.3) is 0 Å². The number of pyridine rings is 1. The molecule has 150 valence electrons. The third-order valence-electron chi connectivity index (χ3n) is 4.20. The zero-order valence-electron chi connectivity index (χ0n) is 15.0. The Morgan fingerprint density at radius 3 is 2.59 bits per heavy atom. The molecule has 3 aromatic heterocycles. The van der Waals surface area contributed by atoms with E-state index in [1.165, 1.54) is 23.5 Å². The molecule has 10 heteroatoms. The van der Waals surface area contributed by atoms with Crippen molar-refractivity contribution in [1.29, 1.82) is 0 Å². The summed E-state index contributed by atoms with van der Waals surface area (Å²) in [7, 11) is 0. The first-order valence-corrected chi connectivity index (χ1v) is 10.3. The minimum Gasteiger partial charge on any atom is -0.360 e. The molecular formula is C19H16F3N5S2. The molecule has 0 saturated heterocycles. The molecule has 0 unspecified atom stereocenters. The molecule has 0 fully saturated rings. The van der Waals surface area contributed by atoms with Crippen molar-refractivity contribution >= 4 is 38.0 Å². The largest absolute Gasteiger partial charge is 0.416 e. The van der Waals surface area contributed by atoms with Crippen LogP contribution in [0.1, 0.15) is 11.1 Å². The van der Waals surface area contributed by atoms with E-state index < -0.39 is 11.7 Å². The lowest BCUT2D eigenvalue weighted by Crippen LogP contribution is -2.31. The van der Waals surface area contributed by atoms with Gasteiger partial charge in [-0.2, -0.15) is 13.2 Å². The van der Waals surface area contributed by atoms with Gasteiger partial charge in [0.05, 0.1) is 26.9 Å². The van der Waals surface area contributed by atoms with Crippen LogP contribution in [0.2, 0.25) is 0 Å². The van der Waals surface area contributed by atoms with Gasteiger partial charge in [-0.15, -0.1) is 11.3 Å². The van der Waals surface area contributed by atoms with Crippen molar-refractivity contribution in [1.82, 2.24) is 15.0 Å². The quantitative estimate of drug-likeness (QED) is 0.454. The SMILES string of the molecule is N[C@@H](CNc1ncc(-c2nc3ccncc3s2)s1)Cc1ccc(C(F)(F)F)cc1. The maximum atomic E-state index is 12.6. The van der Waals surface area contributed by atoms with Crippen molar-refractivity contribution in [2.45, 2.75) is 18.6 Å². The first kappa shape index (κ1) is 19.7. The van der Waals surface area contributed by atoms with E-state index in [-0.39, 0.29) is 6.04 Å². The number of benzene rings is 1. The van der Waals surface area contributed by atoms with Crippen LogP contribution in [0, 0.1) is 0 Å². The van der Waals surface area contributed by atoms with E-state index >= 15 is 0 Å². The van der Waals surface area contributed by atoms with Crippen LogP contribution in [0.5, 0.6) is 0 Å². The van der Waals surface area contributed by atoms with Gasteiger partial charge in [0.1, 0.15) is 5.01 Å². The molecule has 0 aliphatic heterocycles. The molecule has 0 spiro atoms. The Hall–Kier alpha value is -2.56. The summed E-state index contributed by atoms with van der Waals surface area (Å²) in [6, 6.07) is 6.70. The first-order chi connectivity index (χ1) is 13.9. The fourth-order valence-electron chi connectivity index (χ4n) is 2.76. The number of fused-ring (bicyclic) bond motifs is 1. The van der Waals surface area contributed by atoms with Crippen LogP contribution in [0.15, 0.2) is 48.9 Å². The second-order valence-electron chi connectivity index (χ2n) is 6.43. The highest BCUT2D eigenvalue weighted by molar-refractivity contribution is 7.26. The highest BCUT2D eigenvalue weighted by atomic mass is 32.1. The lowest BCUT2D eigenvalue weighted by molar-refractivity contribution is -0.137. The number of nitrogens with two attached hydrogens (primary N) is 1. The summed E-state index contributed by atoms with van der Waals surface area (Å²) < 4.78 is 38.9. The van der Waals surface area contributed by atoms with Crippen LogP contribution < -0.4 is 11.1 Å². The number of hydrogen-bond acceptors (Lipinski definition) is 7.